The quantitative estimate of drug-likeness (QED) is 0.608. The maximum absolute atomic E-state index is 13.6. The van der Waals surface area contributed by atoms with Crippen molar-refractivity contribution in [2.24, 2.45) is 0 Å². The molecule has 2 amide bonds. The van der Waals surface area contributed by atoms with Crippen molar-refractivity contribution in [3.05, 3.63) is 53.8 Å². The monoisotopic (exact) mass is 338 g/mol. The van der Waals surface area contributed by atoms with Crippen LogP contribution in [0.5, 0.6) is 0 Å². The highest BCUT2D eigenvalue weighted by molar-refractivity contribution is 6.04. The minimum Gasteiger partial charge on any atom is -0.305 e. The zero-order chi connectivity index (χ0) is 17.3. The fraction of sp³-hybridized carbons (Fsp3) is 0.0667. The Labute approximate surface area is 132 Å². The smallest absolute Gasteiger partial charge is 0.305 e. The van der Waals surface area contributed by atoms with Crippen molar-refractivity contribution in [2.75, 3.05) is 10.6 Å². The third kappa shape index (κ3) is 3.14. The molecule has 0 atom stereocenters. The summed E-state index contributed by atoms with van der Waals surface area (Å²) in [6.07, 6.45) is -4.64. The van der Waals surface area contributed by atoms with Gasteiger partial charge in [0.2, 0.25) is 0 Å². The number of nitrogens with one attached hydrogen (secondary N) is 3. The molecule has 0 spiro atoms. The summed E-state index contributed by atoms with van der Waals surface area (Å²) >= 11 is 0. The molecule has 3 N–H and O–H groups in total. The molecule has 5 nitrogen and oxygen atoms in total. The molecule has 0 unspecified atom stereocenters. The fourth-order valence-corrected chi connectivity index (χ4v) is 2.12. The van der Waals surface area contributed by atoms with Crippen LogP contribution in [0.25, 0.3) is 10.9 Å². The topological polar surface area (TPSA) is 69.8 Å². The molecule has 124 valence electrons. The van der Waals surface area contributed by atoms with Gasteiger partial charge in [0.05, 0.1) is 16.8 Å². The minimum absolute atomic E-state index is 0.176. The van der Waals surface area contributed by atoms with Crippen LogP contribution in [0.2, 0.25) is 0 Å². The number of nitrogens with zero attached hydrogens (tertiary/aromatic N) is 1. The molecule has 0 aliphatic heterocycles. The highest BCUT2D eigenvalue weighted by Gasteiger charge is 2.31. The summed E-state index contributed by atoms with van der Waals surface area (Å²) in [5.41, 5.74) is -0.982. The van der Waals surface area contributed by atoms with E-state index in [1.54, 1.807) is 24.3 Å². The van der Waals surface area contributed by atoms with E-state index in [-0.39, 0.29) is 5.82 Å². The summed E-state index contributed by atoms with van der Waals surface area (Å²) in [4.78, 5) is 11.9. The molecule has 0 radical (unpaired) electrons. The van der Waals surface area contributed by atoms with Crippen LogP contribution in [-0.4, -0.2) is 16.2 Å². The van der Waals surface area contributed by atoms with Gasteiger partial charge >= 0.3 is 12.2 Å². The summed E-state index contributed by atoms with van der Waals surface area (Å²) in [6.45, 7) is 0. The molecule has 9 heteroatoms. The van der Waals surface area contributed by atoms with Crippen LogP contribution in [0.1, 0.15) is 5.56 Å². The molecule has 3 rings (SSSR count). The van der Waals surface area contributed by atoms with Crippen LogP contribution in [0.4, 0.5) is 33.9 Å². The van der Waals surface area contributed by atoms with Crippen LogP contribution < -0.4 is 10.6 Å². The molecule has 0 saturated carbocycles. The van der Waals surface area contributed by atoms with Gasteiger partial charge in [0.15, 0.2) is 5.82 Å². The Kier molecular flexibility index (Phi) is 3.84. The van der Waals surface area contributed by atoms with Crippen molar-refractivity contribution in [1.82, 2.24) is 10.2 Å². The predicted molar refractivity (Wildman–Crippen MR) is 80.1 cm³/mol. The Morgan fingerprint density at radius 3 is 2.58 bits per heavy atom. The second-order valence-corrected chi connectivity index (χ2v) is 4.89. The van der Waals surface area contributed by atoms with Gasteiger partial charge in [0, 0.05) is 5.39 Å². The van der Waals surface area contributed by atoms with Gasteiger partial charge in [-0.3, -0.25) is 10.4 Å². The van der Waals surface area contributed by atoms with E-state index in [4.69, 9.17) is 0 Å². The lowest BCUT2D eigenvalue weighted by molar-refractivity contribution is -0.137. The van der Waals surface area contributed by atoms with E-state index in [1.807, 2.05) is 5.32 Å². The van der Waals surface area contributed by atoms with Crippen LogP contribution in [0.15, 0.2) is 42.5 Å². The normalized spacial score (nSPS) is 11.5. The van der Waals surface area contributed by atoms with Crippen LogP contribution in [-0.2, 0) is 6.18 Å². The molecule has 0 fully saturated rings. The minimum atomic E-state index is -4.64. The molecule has 2 aromatic carbocycles. The summed E-state index contributed by atoms with van der Waals surface area (Å²) in [5, 5.41) is 11.6. The molecule has 1 heterocycles. The van der Waals surface area contributed by atoms with Crippen LogP contribution >= 0.6 is 0 Å². The summed E-state index contributed by atoms with van der Waals surface area (Å²) in [5.74, 6) is -0.805. The Morgan fingerprint density at radius 1 is 1.08 bits per heavy atom. The first-order valence-electron chi connectivity index (χ1n) is 6.72. The summed E-state index contributed by atoms with van der Waals surface area (Å²) in [6, 6.07) is 7.78. The van der Waals surface area contributed by atoms with Crippen molar-refractivity contribution in [1.29, 1.82) is 0 Å². The largest absolute Gasteiger partial charge is 0.416 e. The number of aromatic amines is 1. The average Bonchev–Trinajstić information content (AvgIpc) is 2.91. The number of aromatic nitrogens is 2. The molecule has 3 aromatic rings. The highest BCUT2D eigenvalue weighted by Crippen LogP contribution is 2.31. The zero-order valence-corrected chi connectivity index (χ0v) is 11.9. The van der Waals surface area contributed by atoms with Gasteiger partial charge in [-0.15, -0.1) is 0 Å². The maximum atomic E-state index is 13.6. The number of anilines is 2. The molecular weight excluding hydrogens is 328 g/mol. The number of rotatable bonds is 2. The number of carbonyl (C=O) groups excluding carboxylic acids is 1. The Morgan fingerprint density at radius 2 is 1.83 bits per heavy atom. The van der Waals surface area contributed by atoms with Gasteiger partial charge in [-0.1, -0.05) is 12.1 Å². The standard InChI is InChI=1S/C15H10F4N4O/c16-10-6-5-8(15(17,18)19)7-12(10)20-14(24)21-13-9-3-1-2-4-11(9)22-23-13/h1-7H,(H3,20,21,22,23,24). The second-order valence-electron chi connectivity index (χ2n) is 4.89. The molecule has 24 heavy (non-hydrogen) atoms. The van der Waals surface area contributed by atoms with E-state index in [9.17, 15) is 22.4 Å². The van der Waals surface area contributed by atoms with Gasteiger partial charge in [-0.2, -0.15) is 18.3 Å². The number of halogens is 4. The van der Waals surface area contributed by atoms with Crippen molar-refractivity contribution in [3.63, 3.8) is 0 Å². The van der Waals surface area contributed by atoms with Gasteiger partial charge in [-0.05, 0) is 30.3 Å². The molecule has 0 saturated heterocycles. The summed E-state index contributed by atoms with van der Waals surface area (Å²) < 4.78 is 51.6. The fourth-order valence-electron chi connectivity index (χ4n) is 2.12. The second kappa shape index (κ2) is 5.84. The number of amides is 2. The maximum Gasteiger partial charge on any atom is 0.416 e. The van der Waals surface area contributed by atoms with Gasteiger partial charge in [-0.25, -0.2) is 9.18 Å². The lowest BCUT2D eigenvalue weighted by atomic mass is 10.2. The van der Waals surface area contributed by atoms with Crippen molar-refractivity contribution < 1.29 is 22.4 Å². The van der Waals surface area contributed by atoms with E-state index in [1.165, 1.54) is 0 Å². The van der Waals surface area contributed by atoms with E-state index in [2.05, 4.69) is 15.5 Å². The number of para-hydroxylation sites is 1. The van der Waals surface area contributed by atoms with Crippen LogP contribution in [0.3, 0.4) is 0 Å². The Hall–Kier alpha value is -3.10. The first-order chi connectivity index (χ1) is 11.3. The lowest BCUT2D eigenvalue weighted by Crippen LogP contribution is -2.21. The molecule has 0 aliphatic carbocycles. The number of fused-ring (bicyclic) bond motifs is 1. The first kappa shape index (κ1) is 15.8. The van der Waals surface area contributed by atoms with Crippen molar-refractivity contribution >= 4 is 28.4 Å². The van der Waals surface area contributed by atoms with Gasteiger partial charge in [0.1, 0.15) is 5.82 Å². The number of hydrogen-bond donors (Lipinski definition) is 3. The number of carbonyl (C=O) groups is 1. The molecule has 1 aromatic heterocycles. The predicted octanol–water partition coefficient (Wildman–Crippen LogP) is 4.36. The number of alkyl halides is 3. The number of benzene rings is 2. The zero-order valence-electron chi connectivity index (χ0n) is 11.9. The molecular formula is C15H10F4N4O. The third-order valence-electron chi connectivity index (χ3n) is 3.24. The number of hydrogen-bond acceptors (Lipinski definition) is 2. The molecule has 0 aliphatic rings. The van der Waals surface area contributed by atoms with Crippen molar-refractivity contribution in [2.45, 2.75) is 6.18 Å². The van der Waals surface area contributed by atoms with E-state index >= 15 is 0 Å². The highest BCUT2D eigenvalue weighted by atomic mass is 19.4. The van der Waals surface area contributed by atoms with Crippen LogP contribution in [0, 0.1) is 5.82 Å². The Bertz CT molecular complexity index is 904. The number of H-pyrrole nitrogens is 1. The summed E-state index contributed by atoms with van der Waals surface area (Å²) in [7, 11) is 0. The third-order valence-corrected chi connectivity index (χ3v) is 3.24. The van der Waals surface area contributed by atoms with E-state index < -0.39 is 29.3 Å². The van der Waals surface area contributed by atoms with E-state index in [0.29, 0.717) is 29.1 Å². The lowest BCUT2D eigenvalue weighted by Gasteiger charge is -2.11. The number of urea groups is 1. The van der Waals surface area contributed by atoms with E-state index in [0.717, 1.165) is 0 Å². The van der Waals surface area contributed by atoms with Crippen molar-refractivity contribution in [3.8, 4) is 0 Å². The van der Waals surface area contributed by atoms with Gasteiger partial charge in [0.25, 0.3) is 0 Å². The SMILES string of the molecule is O=C(Nc1cc(C(F)(F)F)ccc1F)Nc1n[nH]c2ccccc12. The Balaban J connectivity index is 1.80. The molecule has 0 bridgehead atoms. The van der Waals surface area contributed by atoms with Gasteiger partial charge < -0.3 is 5.32 Å². The average molecular weight is 338 g/mol. The first-order valence-corrected chi connectivity index (χ1v) is 6.72.